The summed E-state index contributed by atoms with van der Waals surface area (Å²) in [6.45, 7) is 2.60. The summed E-state index contributed by atoms with van der Waals surface area (Å²) in [7, 11) is 3.77. The van der Waals surface area contributed by atoms with E-state index in [1.165, 1.54) is 0 Å². The van der Waals surface area contributed by atoms with Gasteiger partial charge in [0.05, 0.1) is 17.6 Å². The van der Waals surface area contributed by atoms with Gasteiger partial charge in [-0.1, -0.05) is 6.07 Å². The molecule has 120 valence electrons. The maximum Gasteiger partial charge on any atom is 0.260 e. The van der Waals surface area contributed by atoms with E-state index in [2.05, 4.69) is 4.98 Å². The molecule has 23 heavy (non-hydrogen) atoms. The number of imidazole rings is 1. The van der Waals surface area contributed by atoms with Gasteiger partial charge in [-0.25, -0.2) is 4.98 Å². The van der Waals surface area contributed by atoms with Crippen LogP contribution in [0.3, 0.4) is 0 Å². The molecule has 3 rings (SSSR count). The standard InChI is InChI=1S/C17H19N3O2S/c1-12-18-15-9-13(6-7-16(15)20(12)3)22-11-17(21)19(2)10-14-5-4-8-23-14/h4-9H,10-11H2,1-3H3. The summed E-state index contributed by atoms with van der Waals surface area (Å²) >= 11 is 1.64. The van der Waals surface area contributed by atoms with Crippen LogP contribution < -0.4 is 4.74 Å². The van der Waals surface area contributed by atoms with Crippen LogP contribution in [-0.2, 0) is 18.4 Å². The molecular formula is C17H19N3O2S. The second-order valence-electron chi connectivity index (χ2n) is 5.49. The lowest BCUT2D eigenvalue weighted by atomic mass is 10.3. The second kappa shape index (κ2) is 6.42. The van der Waals surface area contributed by atoms with E-state index in [0.29, 0.717) is 12.3 Å². The number of aryl methyl sites for hydroxylation is 2. The average Bonchev–Trinajstić information content (AvgIpc) is 3.13. The van der Waals surface area contributed by atoms with Crippen molar-refractivity contribution in [3.05, 3.63) is 46.4 Å². The summed E-state index contributed by atoms with van der Waals surface area (Å²) in [6, 6.07) is 9.71. The molecule has 1 amide bonds. The Morgan fingerprint density at radius 3 is 2.96 bits per heavy atom. The maximum atomic E-state index is 12.2. The van der Waals surface area contributed by atoms with E-state index < -0.39 is 0 Å². The molecule has 0 spiro atoms. The molecule has 0 aliphatic heterocycles. The molecular weight excluding hydrogens is 310 g/mol. The van der Waals surface area contributed by atoms with Crippen molar-refractivity contribution in [2.75, 3.05) is 13.7 Å². The van der Waals surface area contributed by atoms with Crippen LogP contribution in [0.2, 0.25) is 0 Å². The highest BCUT2D eigenvalue weighted by Crippen LogP contribution is 2.21. The Kier molecular flexibility index (Phi) is 4.34. The first-order valence-electron chi connectivity index (χ1n) is 7.37. The summed E-state index contributed by atoms with van der Waals surface area (Å²) in [5.74, 6) is 1.56. The number of thiophene rings is 1. The molecule has 0 saturated carbocycles. The van der Waals surface area contributed by atoms with Gasteiger partial charge in [-0.05, 0) is 30.5 Å². The summed E-state index contributed by atoms with van der Waals surface area (Å²) in [5, 5.41) is 2.01. The number of amides is 1. The molecule has 0 aliphatic carbocycles. The molecule has 6 heteroatoms. The lowest BCUT2D eigenvalue weighted by Crippen LogP contribution is -2.30. The molecule has 2 aromatic heterocycles. The van der Waals surface area contributed by atoms with Crippen molar-refractivity contribution in [1.82, 2.24) is 14.5 Å². The molecule has 2 heterocycles. The Morgan fingerprint density at radius 1 is 1.39 bits per heavy atom. The fourth-order valence-electron chi connectivity index (χ4n) is 2.37. The van der Waals surface area contributed by atoms with Gasteiger partial charge in [-0.15, -0.1) is 11.3 Å². The summed E-state index contributed by atoms with van der Waals surface area (Å²) in [5.41, 5.74) is 1.93. The van der Waals surface area contributed by atoms with Crippen molar-refractivity contribution in [3.63, 3.8) is 0 Å². The number of carbonyl (C=O) groups excluding carboxylic acids is 1. The molecule has 0 bridgehead atoms. The topological polar surface area (TPSA) is 47.4 Å². The zero-order chi connectivity index (χ0) is 16.4. The molecule has 0 saturated heterocycles. The normalized spacial score (nSPS) is 10.9. The van der Waals surface area contributed by atoms with Crippen LogP contribution in [0, 0.1) is 6.92 Å². The number of ether oxygens (including phenoxy) is 1. The highest BCUT2D eigenvalue weighted by atomic mass is 32.1. The number of likely N-dealkylation sites (N-methyl/N-ethyl adjacent to an activating group) is 1. The summed E-state index contributed by atoms with van der Waals surface area (Å²) in [4.78, 5) is 19.5. The van der Waals surface area contributed by atoms with E-state index in [9.17, 15) is 4.79 Å². The first kappa shape index (κ1) is 15.6. The van der Waals surface area contributed by atoms with Crippen LogP contribution >= 0.6 is 11.3 Å². The molecule has 3 aromatic rings. The Labute approximate surface area is 139 Å². The van der Waals surface area contributed by atoms with Crippen molar-refractivity contribution in [1.29, 1.82) is 0 Å². The van der Waals surface area contributed by atoms with Crippen LogP contribution in [0.1, 0.15) is 10.7 Å². The third-order valence-electron chi connectivity index (χ3n) is 3.84. The molecule has 5 nitrogen and oxygen atoms in total. The Bertz CT molecular complexity index is 824. The zero-order valence-electron chi connectivity index (χ0n) is 13.4. The molecule has 0 N–H and O–H groups in total. The van der Waals surface area contributed by atoms with Gasteiger partial charge in [-0.2, -0.15) is 0 Å². The van der Waals surface area contributed by atoms with Gasteiger partial charge < -0.3 is 14.2 Å². The number of benzene rings is 1. The van der Waals surface area contributed by atoms with E-state index in [0.717, 1.165) is 21.7 Å². The number of rotatable bonds is 5. The minimum atomic E-state index is -0.0456. The van der Waals surface area contributed by atoms with Crippen LogP contribution in [0.5, 0.6) is 5.75 Å². The average molecular weight is 329 g/mol. The monoisotopic (exact) mass is 329 g/mol. The third-order valence-corrected chi connectivity index (χ3v) is 4.70. The summed E-state index contributed by atoms with van der Waals surface area (Å²) in [6.07, 6.45) is 0. The SMILES string of the molecule is Cc1nc2cc(OCC(=O)N(C)Cc3cccs3)ccc2n1C. The number of nitrogens with zero attached hydrogens (tertiary/aromatic N) is 3. The van der Waals surface area contributed by atoms with Crippen LogP contribution in [0.25, 0.3) is 11.0 Å². The first-order valence-corrected chi connectivity index (χ1v) is 8.25. The smallest absolute Gasteiger partial charge is 0.260 e. The highest BCUT2D eigenvalue weighted by Gasteiger charge is 2.11. The minimum absolute atomic E-state index is 0.0270. The van der Waals surface area contributed by atoms with Crippen molar-refractivity contribution in [2.24, 2.45) is 7.05 Å². The highest BCUT2D eigenvalue weighted by molar-refractivity contribution is 7.09. The Hall–Kier alpha value is -2.34. The van der Waals surface area contributed by atoms with Crippen LogP contribution in [-0.4, -0.2) is 34.0 Å². The number of carbonyl (C=O) groups is 1. The van der Waals surface area contributed by atoms with Gasteiger partial charge in [0.25, 0.3) is 5.91 Å². The molecule has 0 aliphatic rings. The molecule has 0 unspecified atom stereocenters. The van der Waals surface area contributed by atoms with E-state index >= 15 is 0 Å². The maximum absolute atomic E-state index is 12.2. The van der Waals surface area contributed by atoms with Crippen molar-refractivity contribution in [3.8, 4) is 5.75 Å². The van der Waals surface area contributed by atoms with Crippen molar-refractivity contribution in [2.45, 2.75) is 13.5 Å². The van der Waals surface area contributed by atoms with Crippen molar-refractivity contribution >= 4 is 28.3 Å². The molecule has 0 fully saturated rings. The van der Waals surface area contributed by atoms with Gasteiger partial charge >= 0.3 is 0 Å². The van der Waals surface area contributed by atoms with Gasteiger partial charge in [0, 0.05) is 25.0 Å². The quantitative estimate of drug-likeness (QED) is 0.723. The Balaban J connectivity index is 1.62. The number of hydrogen-bond acceptors (Lipinski definition) is 4. The predicted octanol–water partition coefficient (Wildman–Crippen LogP) is 2.98. The molecule has 0 atom stereocenters. The second-order valence-corrected chi connectivity index (χ2v) is 6.52. The van der Waals surface area contributed by atoms with Crippen molar-refractivity contribution < 1.29 is 9.53 Å². The lowest BCUT2D eigenvalue weighted by molar-refractivity contribution is -0.132. The fraction of sp³-hybridized carbons (Fsp3) is 0.294. The van der Waals surface area contributed by atoms with E-state index in [1.807, 2.05) is 54.3 Å². The minimum Gasteiger partial charge on any atom is -0.484 e. The lowest BCUT2D eigenvalue weighted by Gasteiger charge is -2.16. The van der Waals surface area contributed by atoms with E-state index in [4.69, 9.17) is 4.74 Å². The first-order chi connectivity index (χ1) is 11.0. The largest absolute Gasteiger partial charge is 0.484 e. The fourth-order valence-corrected chi connectivity index (χ4v) is 3.13. The number of fused-ring (bicyclic) bond motifs is 1. The number of hydrogen-bond donors (Lipinski definition) is 0. The van der Waals surface area contributed by atoms with Crippen LogP contribution in [0.4, 0.5) is 0 Å². The molecule has 1 aromatic carbocycles. The third kappa shape index (κ3) is 3.37. The zero-order valence-corrected chi connectivity index (χ0v) is 14.3. The van der Waals surface area contributed by atoms with Gasteiger partial charge in [0.15, 0.2) is 6.61 Å². The van der Waals surface area contributed by atoms with E-state index in [1.54, 1.807) is 23.3 Å². The summed E-state index contributed by atoms with van der Waals surface area (Å²) < 4.78 is 7.66. The predicted molar refractivity (Wildman–Crippen MR) is 91.7 cm³/mol. The number of aromatic nitrogens is 2. The van der Waals surface area contributed by atoms with E-state index in [-0.39, 0.29) is 12.5 Å². The molecule has 0 radical (unpaired) electrons. The van der Waals surface area contributed by atoms with Gasteiger partial charge in [0.1, 0.15) is 11.6 Å². The Morgan fingerprint density at radius 2 is 2.22 bits per heavy atom. The van der Waals surface area contributed by atoms with Gasteiger partial charge in [0.2, 0.25) is 0 Å². The van der Waals surface area contributed by atoms with Gasteiger partial charge in [-0.3, -0.25) is 4.79 Å². The van der Waals surface area contributed by atoms with Crippen LogP contribution in [0.15, 0.2) is 35.7 Å².